The molecule has 120 valence electrons. The molecule has 5 heteroatoms. The maximum absolute atomic E-state index is 4.24. The largest absolute Gasteiger partial charge is 0.306 e. The third-order valence-corrected chi connectivity index (χ3v) is 4.27. The van der Waals surface area contributed by atoms with Gasteiger partial charge in [-0.25, -0.2) is 0 Å². The quantitative estimate of drug-likeness (QED) is 0.875. The lowest BCUT2D eigenvalue weighted by Gasteiger charge is -2.30. The van der Waals surface area contributed by atoms with Crippen molar-refractivity contribution in [1.82, 2.24) is 25.2 Å². The summed E-state index contributed by atoms with van der Waals surface area (Å²) >= 11 is 0. The molecule has 1 aromatic rings. The molecule has 0 aliphatic heterocycles. The molecular weight excluding hydrogens is 262 g/mol. The van der Waals surface area contributed by atoms with Crippen LogP contribution in [0.3, 0.4) is 0 Å². The molecule has 1 aliphatic carbocycles. The Balaban J connectivity index is 1.74. The van der Waals surface area contributed by atoms with Crippen LogP contribution >= 0.6 is 0 Å². The fraction of sp³-hybridized carbons (Fsp3) is 0.875. The molecule has 21 heavy (non-hydrogen) atoms. The second-order valence-corrected chi connectivity index (χ2v) is 7.35. The number of nitrogens with zero attached hydrogens (tertiary/aromatic N) is 4. The lowest BCUT2D eigenvalue weighted by molar-refractivity contribution is 0.183. The van der Waals surface area contributed by atoms with Crippen molar-refractivity contribution in [3.63, 3.8) is 0 Å². The van der Waals surface area contributed by atoms with E-state index in [0.29, 0.717) is 0 Å². The maximum atomic E-state index is 4.24. The summed E-state index contributed by atoms with van der Waals surface area (Å²) in [6.07, 6.45) is 8.97. The Hall–Kier alpha value is -0.940. The van der Waals surface area contributed by atoms with Crippen LogP contribution in [0, 0.1) is 0 Å². The van der Waals surface area contributed by atoms with Gasteiger partial charge in [-0.15, -0.1) is 5.10 Å². The van der Waals surface area contributed by atoms with Crippen LogP contribution in [-0.4, -0.2) is 45.1 Å². The topological polar surface area (TPSA) is 46.0 Å². The van der Waals surface area contributed by atoms with Gasteiger partial charge in [-0.3, -0.25) is 4.68 Å². The van der Waals surface area contributed by atoms with Gasteiger partial charge in [0, 0.05) is 30.9 Å². The molecule has 0 spiro atoms. The van der Waals surface area contributed by atoms with Gasteiger partial charge >= 0.3 is 0 Å². The average molecular weight is 293 g/mol. The Labute approximate surface area is 129 Å². The highest BCUT2D eigenvalue weighted by Crippen LogP contribution is 2.21. The Bertz CT molecular complexity index is 415. The van der Waals surface area contributed by atoms with Gasteiger partial charge in [-0.05, 0) is 40.7 Å². The lowest BCUT2D eigenvalue weighted by Crippen LogP contribution is -2.35. The first-order chi connectivity index (χ1) is 9.94. The summed E-state index contributed by atoms with van der Waals surface area (Å²) in [5.74, 6) is 0. The molecular formula is C16H31N5. The van der Waals surface area contributed by atoms with Crippen LogP contribution < -0.4 is 5.32 Å². The van der Waals surface area contributed by atoms with Gasteiger partial charge in [-0.1, -0.05) is 24.5 Å². The molecule has 0 aromatic carbocycles. The monoisotopic (exact) mass is 293 g/mol. The third-order valence-electron chi connectivity index (χ3n) is 4.27. The average Bonchev–Trinajstić information content (AvgIpc) is 2.91. The zero-order valence-electron chi connectivity index (χ0n) is 14.1. The molecule has 2 rings (SSSR count). The van der Waals surface area contributed by atoms with Crippen molar-refractivity contribution in [3.05, 3.63) is 11.9 Å². The molecule has 1 saturated carbocycles. The van der Waals surface area contributed by atoms with Crippen LogP contribution in [0.5, 0.6) is 0 Å². The second-order valence-electron chi connectivity index (χ2n) is 7.35. The normalized spacial score (nSPS) is 17.6. The van der Waals surface area contributed by atoms with Crippen molar-refractivity contribution < 1.29 is 0 Å². The molecule has 1 aromatic heterocycles. The minimum atomic E-state index is 0.116. The Morgan fingerprint density at radius 3 is 2.67 bits per heavy atom. The van der Waals surface area contributed by atoms with E-state index in [2.05, 4.69) is 54.5 Å². The van der Waals surface area contributed by atoms with Gasteiger partial charge in [0.2, 0.25) is 0 Å². The van der Waals surface area contributed by atoms with Crippen molar-refractivity contribution in [2.45, 2.75) is 77.5 Å². The van der Waals surface area contributed by atoms with Crippen molar-refractivity contribution in [2.75, 3.05) is 13.6 Å². The molecule has 0 amide bonds. The highest BCUT2D eigenvalue weighted by atomic mass is 15.4. The van der Waals surface area contributed by atoms with E-state index < -0.39 is 0 Å². The van der Waals surface area contributed by atoms with Crippen LogP contribution in [0.25, 0.3) is 0 Å². The molecule has 0 unspecified atom stereocenters. The number of hydrogen-bond acceptors (Lipinski definition) is 4. The molecule has 0 bridgehead atoms. The zero-order valence-corrected chi connectivity index (χ0v) is 14.1. The Morgan fingerprint density at radius 1 is 1.29 bits per heavy atom. The predicted molar refractivity (Wildman–Crippen MR) is 86.1 cm³/mol. The van der Waals surface area contributed by atoms with Gasteiger partial charge < -0.3 is 10.2 Å². The fourth-order valence-corrected chi connectivity index (χ4v) is 2.85. The van der Waals surface area contributed by atoms with E-state index in [1.54, 1.807) is 0 Å². The SMILES string of the molecule is CN(CCn1cc(CNC(C)(C)C)nn1)C1CCCCC1. The van der Waals surface area contributed by atoms with Crippen molar-refractivity contribution in [3.8, 4) is 0 Å². The zero-order chi connectivity index (χ0) is 15.3. The van der Waals surface area contributed by atoms with Gasteiger partial charge in [0.05, 0.1) is 12.2 Å². The fourth-order valence-electron chi connectivity index (χ4n) is 2.85. The van der Waals surface area contributed by atoms with Crippen LogP contribution in [-0.2, 0) is 13.1 Å². The van der Waals surface area contributed by atoms with E-state index in [1.165, 1.54) is 32.1 Å². The summed E-state index contributed by atoms with van der Waals surface area (Å²) in [4.78, 5) is 2.49. The van der Waals surface area contributed by atoms with E-state index in [1.807, 2.05) is 4.68 Å². The minimum absolute atomic E-state index is 0.116. The number of rotatable bonds is 6. The molecule has 5 nitrogen and oxygen atoms in total. The summed E-state index contributed by atoms with van der Waals surface area (Å²) in [7, 11) is 2.25. The van der Waals surface area contributed by atoms with Gasteiger partial charge in [0.1, 0.15) is 0 Å². The van der Waals surface area contributed by atoms with Gasteiger partial charge in [0.15, 0.2) is 0 Å². The number of likely N-dealkylation sites (N-methyl/N-ethyl adjacent to an activating group) is 1. The Morgan fingerprint density at radius 2 is 2.00 bits per heavy atom. The summed E-state index contributed by atoms with van der Waals surface area (Å²) < 4.78 is 1.97. The van der Waals surface area contributed by atoms with Crippen LogP contribution in [0.1, 0.15) is 58.6 Å². The molecule has 1 N–H and O–H groups in total. The number of aromatic nitrogens is 3. The highest BCUT2D eigenvalue weighted by molar-refractivity contribution is 4.93. The standard InChI is InChI=1S/C16H31N5/c1-16(2,3)17-12-14-13-21(19-18-14)11-10-20(4)15-8-6-5-7-9-15/h13,15,17H,5-12H2,1-4H3. The van der Waals surface area contributed by atoms with E-state index in [9.17, 15) is 0 Å². The molecule has 0 saturated heterocycles. The van der Waals surface area contributed by atoms with Gasteiger partial charge in [0.25, 0.3) is 0 Å². The first kappa shape index (κ1) is 16.4. The molecule has 1 fully saturated rings. The summed E-state index contributed by atoms with van der Waals surface area (Å²) in [6.45, 7) is 9.25. The Kier molecular flexibility index (Phi) is 5.76. The third kappa shape index (κ3) is 5.75. The van der Waals surface area contributed by atoms with Crippen molar-refractivity contribution in [2.24, 2.45) is 0 Å². The summed E-state index contributed by atoms with van der Waals surface area (Å²) in [6, 6.07) is 0.768. The van der Waals surface area contributed by atoms with E-state index >= 15 is 0 Å². The van der Waals surface area contributed by atoms with Crippen LogP contribution in [0.15, 0.2) is 6.20 Å². The molecule has 1 aliphatic rings. The number of nitrogens with one attached hydrogen (secondary N) is 1. The van der Waals surface area contributed by atoms with E-state index in [4.69, 9.17) is 0 Å². The first-order valence-corrected chi connectivity index (χ1v) is 8.28. The van der Waals surface area contributed by atoms with Gasteiger partial charge in [-0.2, -0.15) is 0 Å². The summed E-state index contributed by atoms with van der Waals surface area (Å²) in [5, 5.41) is 11.9. The molecule has 0 radical (unpaired) electrons. The lowest BCUT2D eigenvalue weighted by atomic mass is 9.94. The minimum Gasteiger partial charge on any atom is -0.306 e. The first-order valence-electron chi connectivity index (χ1n) is 8.28. The maximum Gasteiger partial charge on any atom is 0.0965 e. The predicted octanol–water partition coefficient (Wildman–Crippen LogP) is 2.43. The molecule has 0 atom stereocenters. The van der Waals surface area contributed by atoms with Crippen LogP contribution in [0.4, 0.5) is 0 Å². The molecule has 1 heterocycles. The van der Waals surface area contributed by atoms with Crippen molar-refractivity contribution in [1.29, 1.82) is 0 Å². The van der Waals surface area contributed by atoms with Crippen LogP contribution in [0.2, 0.25) is 0 Å². The highest BCUT2D eigenvalue weighted by Gasteiger charge is 2.17. The number of hydrogen-bond donors (Lipinski definition) is 1. The smallest absolute Gasteiger partial charge is 0.0965 e. The summed E-state index contributed by atoms with van der Waals surface area (Å²) in [5.41, 5.74) is 1.13. The van der Waals surface area contributed by atoms with Crippen molar-refractivity contribution >= 4 is 0 Å². The van der Waals surface area contributed by atoms with E-state index in [-0.39, 0.29) is 5.54 Å². The second kappa shape index (κ2) is 7.36. The van der Waals surface area contributed by atoms with E-state index in [0.717, 1.165) is 31.4 Å².